The van der Waals surface area contributed by atoms with Gasteiger partial charge in [-0.05, 0) is 32.6 Å². The summed E-state index contributed by atoms with van der Waals surface area (Å²) in [6, 6.07) is 0. The van der Waals surface area contributed by atoms with Crippen molar-refractivity contribution in [1.82, 2.24) is 9.78 Å². The fraction of sp³-hybridized carbons (Fsp3) is 0.714. The van der Waals surface area contributed by atoms with Crippen LogP contribution < -0.4 is 0 Å². The van der Waals surface area contributed by atoms with Crippen molar-refractivity contribution in [2.75, 3.05) is 6.61 Å². The Labute approximate surface area is 108 Å². The molecule has 18 heavy (non-hydrogen) atoms. The largest absolute Gasteiger partial charge is 0.376 e. The van der Waals surface area contributed by atoms with E-state index in [-0.39, 0.29) is 11.9 Å². The molecule has 1 atom stereocenters. The van der Waals surface area contributed by atoms with Crippen LogP contribution in [0, 0.1) is 0 Å². The summed E-state index contributed by atoms with van der Waals surface area (Å²) in [5.41, 5.74) is 2.82. The lowest BCUT2D eigenvalue weighted by Crippen LogP contribution is -2.18. The van der Waals surface area contributed by atoms with Crippen molar-refractivity contribution >= 4 is 5.78 Å². The number of carbonyl (C=O) groups excluding carboxylic acids is 1. The Kier molecular flexibility index (Phi) is 4.17. The van der Waals surface area contributed by atoms with Crippen LogP contribution in [-0.4, -0.2) is 28.3 Å². The molecule has 1 aromatic heterocycles. The predicted octanol–water partition coefficient (Wildman–Crippen LogP) is 2.39. The molecular weight excluding hydrogens is 228 g/mol. The van der Waals surface area contributed by atoms with Crippen molar-refractivity contribution in [3.63, 3.8) is 0 Å². The average molecular weight is 250 g/mol. The van der Waals surface area contributed by atoms with Crippen LogP contribution in [0.4, 0.5) is 0 Å². The second-order valence-corrected chi connectivity index (χ2v) is 4.85. The minimum atomic E-state index is 0.127. The van der Waals surface area contributed by atoms with Crippen LogP contribution in [0.2, 0.25) is 0 Å². The molecule has 1 aromatic rings. The summed E-state index contributed by atoms with van der Waals surface area (Å²) in [5.74, 6) is 0.127. The third-order valence-electron chi connectivity index (χ3n) is 3.55. The maximum absolute atomic E-state index is 11.8. The molecule has 100 valence electrons. The van der Waals surface area contributed by atoms with E-state index in [1.54, 1.807) is 6.92 Å². The van der Waals surface area contributed by atoms with Crippen LogP contribution >= 0.6 is 0 Å². The summed E-state index contributed by atoms with van der Waals surface area (Å²) in [7, 11) is 0. The van der Waals surface area contributed by atoms with E-state index < -0.39 is 0 Å². The first-order valence-corrected chi connectivity index (χ1v) is 6.88. The SMILES string of the molecule is CCc1nn(CC2CCCO2)c(CC)c1C(C)=O. The number of aryl methyl sites for hydroxylation is 1. The van der Waals surface area contributed by atoms with Gasteiger partial charge in [0.25, 0.3) is 0 Å². The fourth-order valence-electron chi connectivity index (χ4n) is 2.70. The van der Waals surface area contributed by atoms with E-state index in [4.69, 9.17) is 4.74 Å². The number of hydrogen-bond donors (Lipinski definition) is 0. The van der Waals surface area contributed by atoms with Gasteiger partial charge in [-0.15, -0.1) is 0 Å². The number of carbonyl (C=O) groups is 1. The number of ketones is 1. The van der Waals surface area contributed by atoms with Crippen LogP contribution in [0.3, 0.4) is 0 Å². The minimum absolute atomic E-state index is 0.127. The van der Waals surface area contributed by atoms with Gasteiger partial charge in [0.15, 0.2) is 5.78 Å². The van der Waals surface area contributed by atoms with Gasteiger partial charge in [0, 0.05) is 12.3 Å². The highest BCUT2D eigenvalue weighted by Crippen LogP contribution is 2.20. The molecule has 0 bridgehead atoms. The Hall–Kier alpha value is -1.16. The minimum Gasteiger partial charge on any atom is -0.376 e. The normalized spacial score (nSPS) is 19.4. The standard InChI is InChI=1S/C14H22N2O2/c1-4-12-14(10(3)17)13(5-2)16(15-12)9-11-7-6-8-18-11/h11H,4-9H2,1-3H3. The molecule has 2 rings (SSSR count). The monoisotopic (exact) mass is 250 g/mol. The van der Waals surface area contributed by atoms with E-state index in [0.29, 0.717) is 0 Å². The summed E-state index contributed by atoms with van der Waals surface area (Å²) >= 11 is 0. The first kappa shape index (κ1) is 13.3. The zero-order valence-electron chi connectivity index (χ0n) is 11.5. The molecule has 0 aromatic carbocycles. The van der Waals surface area contributed by atoms with Gasteiger partial charge in [-0.1, -0.05) is 13.8 Å². The summed E-state index contributed by atoms with van der Waals surface area (Å²) in [5, 5.41) is 4.60. The Morgan fingerprint density at radius 2 is 2.22 bits per heavy atom. The highest BCUT2D eigenvalue weighted by molar-refractivity contribution is 5.96. The van der Waals surface area contributed by atoms with Gasteiger partial charge in [-0.2, -0.15) is 5.10 Å². The molecule has 0 spiro atoms. The zero-order valence-corrected chi connectivity index (χ0v) is 11.5. The van der Waals surface area contributed by atoms with Crippen molar-refractivity contribution < 1.29 is 9.53 Å². The fourth-order valence-corrected chi connectivity index (χ4v) is 2.70. The molecule has 1 aliphatic rings. The van der Waals surface area contributed by atoms with Crippen LogP contribution in [0.15, 0.2) is 0 Å². The highest BCUT2D eigenvalue weighted by Gasteiger charge is 2.22. The molecule has 0 saturated carbocycles. The second kappa shape index (κ2) is 5.65. The van der Waals surface area contributed by atoms with E-state index in [2.05, 4.69) is 12.0 Å². The number of Topliss-reactive ketones (excluding diaryl/α,β-unsaturated/α-hetero) is 1. The quantitative estimate of drug-likeness (QED) is 0.754. The lowest BCUT2D eigenvalue weighted by molar-refractivity contribution is 0.0928. The predicted molar refractivity (Wildman–Crippen MR) is 70.0 cm³/mol. The number of nitrogens with zero attached hydrogens (tertiary/aromatic N) is 2. The lowest BCUT2D eigenvalue weighted by atomic mass is 10.1. The zero-order chi connectivity index (χ0) is 13.1. The van der Waals surface area contributed by atoms with Gasteiger partial charge in [0.2, 0.25) is 0 Å². The lowest BCUT2D eigenvalue weighted by Gasteiger charge is -2.12. The first-order chi connectivity index (χ1) is 8.67. The van der Waals surface area contributed by atoms with E-state index in [9.17, 15) is 4.79 Å². The number of ether oxygens (including phenoxy) is 1. The molecule has 4 heteroatoms. The number of aromatic nitrogens is 2. The highest BCUT2D eigenvalue weighted by atomic mass is 16.5. The molecule has 4 nitrogen and oxygen atoms in total. The molecule has 2 heterocycles. The summed E-state index contributed by atoms with van der Waals surface area (Å²) < 4.78 is 7.65. The van der Waals surface area contributed by atoms with Crippen molar-refractivity contribution in [3.05, 3.63) is 17.0 Å². The molecular formula is C14H22N2O2. The Morgan fingerprint density at radius 1 is 1.44 bits per heavy atom. The van der Waals surface area contributed by atoms with E-state index in [1.807, 2.05) is 11.6 Å². The topological polar surface area (TPSA) is 44.1 Å². The average Bonchev–Trinajstić information content (AvgIpc) is 2.96. The van der Waals surface area contributed by atoms with Gasteiger partial charge in [0.05, 0.1) is 23.9 Å². The van der Waals surface area contributed by atoms with Crippen molar-refractivity contribution in [2.45, 2.75) is 59.1 Å². The summed E-state index contributed by atoms with van der Waals surface area (Å²) in [6.45, 7) is 7.39. The van der Waals surface area contributed by atoms with Gasteiger partial charge in [-0.25, -0.2) is 0 Å². The van der Waals surface area contributed by atoms with E-state index in [1.165, 1.54) is 0 Å². The third kappa shape index (κ3) is 2.48. The molecule has 1 fully saturated rings. The molecule has 0 aliphatic carbocycles. The smallest absolute Gasteiger partial charge is 0.163 e. The second-order valence-electron chi connectivity index (χ2n) is 4.85. The summed E-state index contributed by atoms with van der Waals surface area (Å²) in [4.78, 5) is 11.8. The Bertz CT molecular complexity index is 431. The van der Waals surface area contributed by atoms with Gasteiger partial charge in [-0.3, -0.25) is 9.48 Å². The van der Waals surface area contributed by atoms with Gasteiger partial charge >= 0.3 is 0 Å². The van der Waals surface area contributed by atoms with E-state index >= 15 is 0 Å². The molecule has 0 amide bonds. The van der Waals surface area contributed by atoms with Gasteiger partial charge in [0.1, 0.15) is 0 Å². The molecule has 1 saturated heterocycles. The van der Waals surface area contributed by atoms with Crippen LogP contribution in [0.25, 0.3) is 0 Å². The van der Waals surface area contributed by atoms with Crippen LogP contribution in [0.5, 0.6) is 0 Å². The van der Waals surface area contributed by atoms with Crippen LogP contribution in [-0.2, 0) is 24.1 Å². The molecule has 1 aliphatic heterocycles. The van der Waals surface area contributed by atoms with Crippen molar-refractivity contribution in [3.8, 4) is 0 Å². The summed E-state index contributed by atoms with van der Waals surface area (Å²) in [6.07, 6.45) is 4.14. The molecule has 1 unspecified atom stereocenters. The third-order valence-corrected chi connectivity index (χ3v) is 3.55. The van der Waals surface area contributed by atoms with Crippen LogP contribution in [0.1, 0.15) is 55.4 Å². The Balaban J connectivity index is 2.31. The first-order valence-electron chi connectivity index (χ1n) is 6.88. The van der Waals surface area contributed by atoms with Crippen molar-refractivity contribution in [2.24, 2.45) is 0 Å². The molecule has 0 radical (unpaired) electrons. The van der Waals surface area contributed by atoms with Gasteiger partial charge < -0.3 is 4.74 Å². The molecule has 0 N–H and O–H groups in total. The maximum Gasteiger partial charge on any atom is 0.163 e. The van der Waals surface area contributed by atoms with E-state index in [0.717, 1.165) is 55.8 Å². The number of hydrogen-bond acceptors (Lipinski definition) is 3. The van der Waals surface area contributed by atoms with Crippen molar-refractivity contribution in [1.29, 1.82) is 0 Å². The number of rotatable bonds is 5. The maximum atomic E-state index is 11.8. The Morgan fingerprint density at radius 3 is 2.72 bits per heavy atom.